The van der Waals surface area contributed by atoms with Crippen LogP contribution in [0.3, 0.4) is 0 Å². The standard InChI is InChI=1S/C16H22N6O2/c1-11-8-15(18-13(3)17-11)22-6-4-21(5-7-22)10-16(23)19-14-9-12(2)24-20-14/h8-9H,4-7,10H2,1-3H3,(H,19,20,23). The first-order valence-corrected chi connectivity index (χ1v) is 8.02. The van der Waals surface area contributed by atoms with Crippen molar-refractivity contribution in [1.29, 1.82) is 0 Å². The van der Waals surface area contributed by atoms with Crippen molar-refractivity contribution in [1.82, 2.24) is 20.0 Å². The maximum absolute atomic E-state index is 12.1. The molecule has 1 aliphatic rings. The van der Waals surface area contributed by atoms with Crippen molar-refractivity contribution in [2.24, 2.45) is 0 Å². The molecule has 8 heteroatoms. The van der Waals surface area contributed by atoms with E-state index in [4.69, 9.17) is 4.52 Å². The molecule has 1 amide bonds. The molecule has 0 unspecified atom stereocenters. The Bertz CT molecular complexity index is 701. The van der Waals surface area contributed by atoms with Crippen molar-refractivity contribution in [2.75, 3.05) is 42.9 Å². The molecule has 0 aromatic carbocycles. The Morgan fingerprint density at radius 2 is 1.92 bits per heavy atom. The van der Waals surface area contributed by atoms with E-state index in [2.05, 4.69) is 30.2 Å². The van der Waals surface area contributed by atoms with Crippen LogP contribution in [0.5, 0.6) is 0 Å². The Hall–Kier alpha value is -2.48. The van der Waals surface area contributed by atoms with E-state index >= 15 is 0 Å². The van der Waals surface area contributed by atoms with Crippen LogP contribution in [0.25, 0.3) is 0 Å². The summed E-state index contributed by atoms with van der Waals surface area (Å²) in [4.78, 5) is 25.2. The van der Waals surface area contributed by atoms with Crippen LogP contribution in [0.2, 0.25) is 0 Å². The van der Waals surface area contributed by atoms with Crippen molar-refractivity contribution in [3.63, 3.8) is 0 Å². The van der Waals surface area contributed by atoms with Crippen molar-refractivity contribution in [3.8, 4) is 0 Å². The summed E-state index contributed by atoms with van der Waals surface area (Å²) in [6.07, 6.45) is 0. The molecule has 0 saturated carbocycles. The largest absolute Gasteiger partial charge is 0.360 e. The molecule has 3 rings (SSSR count). The molecule has 2 aromatic rings. The lowest BCUT2D eigenvalue weighted by molar-refractivity contribution is -0.117. The minimum absolute atomic E-state index is 0.0783. The van der Waals surface area contributed by atoms with Crippen LogP contribution in [0.4, 0.5) is 11.6 Å². The molecule has 128 valence electrons. The van der Waals surface area contributed by atoms with Crippen LogP contribution < -0.4 is 10.2 Å². The molecule has 0 spiro atoms. The maximum Gasteiger partial charge on any atom is 0.239 e. The summed E-state index contributed by atoms with van der Waals surface area (Å²) in [6.45, 7) is 9.33. The maximum atomic E-state index is 12.1. The molecular weight excluding hydrogens is 308 g/mol. The highest BCUT2D eigenvalue weighted by atomic mass is 16.5. The Morgan fingerprint density at radius 3 is 2.54 bits per heavy atom. The Labute approximate surface area is 140 Å². The molecule has 1 aliphatic heterocycles. The van der Waals surface area contributed by atoms with Gasteiger partial charge < -0.3 is 14.7 Å². The van der Waals surface area contributed by atoms with Crippen LogP contribution >= 0.6 is 0 Å². The van der Waals surface area contributed by atoms with Gasteiger partial charge in [0, 0.05) is 44.0 Å². The summed E-state index contributed by atoms with van der Waals surface area (Å²) in [6, 6.07) is 3.71. The quantitative estimate of drug-likeness (QED) is 0.899. The second-order valence-corrected chi connectivity index (χ2v) is 6.05. The molecule has 3 heterocycles. The topological polar surface area (TPSA) is 87.4 Å². The van der Waals surface area contributed by atoms with Gasteiger partial charge in [0.2, 0.25) is 5.91 Å². The first kappa shape index (κ1) is 16.4. The molecule has 0 bridgehead atoms. The fourth-order valence-corrected chi connectivity index (χ4v) is 2.81. The van der Waals surface area contributed by atoms with Crippen LogP contribution in [0.15, 0.2) is 16.7 Å². The van der Waals surface area contributed by atoms with Gasteiger partial charge in [-0.15, -0.1) is 0 Å². The van der Waals surface area contributed by atoms with E-state index in [-0.39, 0.29) is 5.91 Å². The highest BCUT2D eigenvalue weighted by Gasteiger charge is 2.20. The minimum Gasteiger partial charge on any atom is -0.360 e. The molecule has 0 atom stereocenters. The minimum atomic E-state index is -0.0783. The summed E-state index contributed by atoms with van der Waals surface area (Å²) >= 11 is 0. The van der Waals surface area contributed by atoms with Gasteiger partial charge in [-0.05, 0) is 20.8 Å². The molecule has 8 nitrogen and oxygen atoms in total. The van der Waals surface area contributed by atoms with E-state index in [1.54, 1.807) is 13.0 Å². The van der Waals surface area contributed by atoms with Crippen molar-refractivity contribution < 1.29 is 9.32 Å². The number of aromatic nitrogens is 3. The number of aryl methyl sites for hydroxylation is 3. The van der Waals surface area contributed by atoms with Gasteiger partial charge in [0.1, 0.15) is 17.4 Å². The summed E-state index contributed by atoms with van der Waals surface area (Å²) in [5.41, 5.74) is 0.974. The number of nitrogens with zero attached hydrogens (tertiary/aromatic N) is 5. The number of amides is 1. The number of nitrogens with one attached hydrogen (secondary N) is 1. The van der Waals surface area contributed by atoms with Crippen LogP contribution in [-0.4, -0.2) is 58.7 Å². The van der Waals surface area contributed by atoms with Gasteiger partial charge in [0.25, 0.3) is 0 Å². The lowest BCUT2D eigenvalue weighted by Crippen LogP contribution is -2.49. The van der Waals surface area contributed by atoms with Crippen LogP contribution in [0.1, 0.15) is 17.3 Å². The lowest BCUT2D eigenvalue weighted by atomic mass is 10.3. The Balaban J connectivity index is 1.50. The zero-order valence-electron chi connectivity index (χ0n) is 14.2. The fourth-order valence-electron chi connectivity index (χ4n) is 2.81. The number of piperazine rings is 1. The molecule has 1 fully saturated rings. The number of hydrogen-bond donors (Lipinski definition) is 1. The summed E-state index contributed by atoms with van der Waals surface area (Å²) in [5.74, 6) is 2.81. The van der Waals surface area contributed by atoms with Gasteiger partial charge in [0.05, 0.1) is 6.54 Å². The summed E-state index contributed by atoms with van der Waals surface area (Å²) in [5, 5.41) is 6.52. The Morgan fingerprint density at radius 1 is 1.17 bits per heavy atom. The molecule has 2 aromatic heterocycles. The third-order valence-electron chi connectivity index (χ3n) is 3.91. The van der Waals surface area contributed by atoms with Gasteiger partial charge in [0.15, 0.2) is 5.82 Å². The number of rotatable bonds is 4. The monoisotopic (exact) mass is 330 g/mol. The second kappa shape index (κ2) is 6.96. The molecule has 1 saturated heterocycles. The number of carbonyl (C=O) groups excluding carboxylic acids is 1. The van der Waals surface area contributed by atoms with Crippen LogP contribution in [-0.2, 0) is 4.79 Å². The third-order valence-corrected chi connectivity index (χ3v) is 3.91. The molecular formula is C16H22N6O2. The zero-order chi connectivity index (χ0) is 17.1. The smallest absolute Gasteiger partial charge is 0.239 e. The predicted octanol–water partition coefficient (Wildman–Crippen LogP) is 1.15. The number of anilines is 2. The predicted molar refractivity (Wildman–Crippen MR) is 90.0 cm³/mol. The van der Waals surface area contributed by atoms with Crippen molar-refractivity contribution in [2.45, 2.75) is 20.8 Å². The van der Waals surface area contributed by atoms with Gasteiger partial charge in [-0.25, -0.2) is 9.97 Å². The van der Waals surface area contributed by atoms with E-state index < -0.39 is 0 Å². The van der Waals surface area contributed by atoms with E-state index in [9.17, 15) is 4.79 Å². The summed E-state index contributed by atoms with van der Waals surface area (Å²) < 4.78 is 4.94. The SMILES string of the molecule is Cc1cc(N2CCN(CC(=O)Nc3cc(C)on3)CC2)nc(C)n1. The molecule has 0 radical (unpaired) electrons. The van der Waals surface area contributed by atoms with E-state index in [0.717, 1.165) is 43.5 Å². The fraction of sp³-hybridized carbons (Fsp3) is 0.500. The highest BCUT2D eigenvalue weighted by Crippen LogP contribution is 2.15. The average molecular weight is 330 g/mol. The third kappa shape index (κ3) is 4.08. The summed E-state index contributed by atoms with van der Waals surface area (Å²) in [7, 11) is 0. The number of carbonyl (C=O) groups is 1. The van der Waals surface area contributed by atoms with Crippen LogP contribution in [0, 0.1) is 20.8 Å². The number of hydrogen-bond acceptors (Lipinski definition) is 7. The molecule has 24 heavy (non-hydrogen) atoms. The molecule has 0 aliphatic carbocycles. The van der Waals surface area contributed by atoms with Gasteiger partial charge in [-0.2, -0.15) is 0 Å². The van der Waals surface area contributed by atoms with E-state index in [1.165, 1.54) is 0 Å². The van der Waals surface area contributed by atoms with E-state index in [0.29, 0.717) is 18.1 Å². The lowest BCUT2D eigenvalue weighted by Gasteiger charge is -2.35. The van der Waals surface area contributed by atoms with Gasteiger partial charge in [-0.3, -0.25) is 9.69 Å². The molecule has 1 N–H and O–H groups in total. The van der Waals surface area contributed by atoms with Gasteiger partial charge in [-0.1, -0.05) is 5.16 Å². The van der Waals surface area contributed by atoms with Crippen molar-refractivity contribution >= 4 is 17.5 Å². The average Bonchev–Trinajstić information content (AvgIpc) is 2.92. The normalized spacial score (nSPS) is 15.5. The van der Waals surface area contributed by atoms with Crippen molar-refractivity contribution in [3.05, 3.63) is 29.4 Å². The second-order valence-electron chi connectivity index (χ2n) is 6.05. The van der Waals surface area contributed by atoms with Gasteiger partial charge >= 0.3 is 0 Å². The first-order chi connectivity index (χ1) is 11.5. The highest BCUT2D eigenvalue weighted by molar-refractivity contribution is 5.91. The Kier molecular flexibility index (Phi) is 4.75. The van der Waals surface area contributed by atoms with E-state index in [1.807, 2.05) is 19.9 Å². The first-order valence-electron chi connectivity index (χ1n) is 8.02. The zero-order valence-corrected chi connectivity index (χ0v) is 14.2.